The van der Waals surface area contributed by atoms with Gasteiger partial charge in [-0.15, -0.1) is 11.3 Å². The molecule has 3 heterocycles. The predicted octanol–water partition coefficient (Wildman–Crippen LogP) is 4.68. The number of thiophene rings is 1. The number of aliphatic hydroxyl groups excluding tert-OH is 1. The lowest BCUT2D eigenvalue weighted by Crippen LogP contribution is -2.13. The summed E-state index contributed by atoms with van der Waals surface area (Å²) < 4.78 is 10.6. The highest BCUT2D eigenvalue weighted by atomic mass is 32.1. The van der Waals surface area contributed by atoms with Crippen molar-refractivity contribution in [3.8, 4) is 0 Å². The summed E-state index contributed by atoms with van der Waals surface area (Å²) in [6.07, 6.45) is 0.541. The first-order valence-electron chi connectivity index (χ1n) is 9.08. The van der Waals surface area contributed by atoms with Gasteiger partial charge in [0.2, 0.25) is 0 Å². The predicted molar refractivity (Wildman–Crippen MR) is 112 cm³/mol. The molecule has 0 radical (unpaired) electrons. The number of nitrogens with zero attached hydrogens (tertiary/aromatic N) is 1. The van der Waals surface area contributed by atoms with Crippen LogP contribution in [0.5, 0.6) is 0 Å². The van der Waals surface area contributed by atoms with E-state index in [2.05, 4.69) is 10.3 Å². The fourth-order valence-corrected chi connectivity index (χ4v) is 4.52. The molecule has 0 saturated heterocycles. The molecule has 0 aliphatic rings. The summed E-state index contributed by atoms with van der Waals surface area (Å²) in [5, 5.41) is 14.8. The Labute approximate surface area is 171 Å². The maximum absolute atomic E-state index is 12.7. The summed E-state index contributed by atoms with van der Waals surface area (Å²) >= 11 is 1.36. The smallest absolute Gasteiger partial charge is 0.291 e. The molecule has 0 bridgehead atoms. The Morgan fingerprint density at radius 3 is 2.76 bits per heavy atom. The first-order chi connectivity index (χ1) is 14.1. The summed E-state index contributed by atoms with van der Waals surface area (Å²) in [7, 11) is 1.62. The van der Waals surface area contributed by atoms with Crippen molar-refractivity contribution in [1.29, 1.82) is 0 Å². The highest BCUT2D eigenvalue weighted by molar-refractivity contribution is 7.19. The minimum Gasteiger partial charge on any atom is -0.459 e. The van der Waals surface area contributed by atoms with E-state index in [1.54, 1.807) is 19.2 Å². The summed E-state index contributed by atoms with van der Waals surface area (Å²) in [6.45, 7) is 2.27. The third kappa shape index (κ3) is 3.80. The third-order valence-electron chi connectivity index (χ3n) is 4.55. The Morgan fingerprint density at radius 1 is 1.28 bits per heavy atom. The molecule has 4 rings (SSSR count). The SMILES string of the molecule is COCc1cc(C)nc2sc(C(O)c3ccccc3)c(NC(=O)c3ccco3)c12. The number of methoxy groups -OCH3 is 1. The van der Waals surface area contributed by atoms with Crippen LogP contribution in [-0.2, 0) is 11.3 Å². The number of furan rings is 1. The van der Waals surface area contributed by atoms with Gasteiger partial charge in [-0.3, -0.25) is 4.79 Å². The van der Waals surface area contributed by atoms with Gasteiger partial charge in [-0.2, -0.15) is 0 Å². The van der Waals surface area contributed by atoms with Gasteiger partial charge in [0, 0.05) is 18.2 Å². The van der Waals surface area contributed by atoms with Gasteiger partial charge in [0.25, 0.3) is 5.91 Å². The van der Waals surface area contributed by atoms with E-state index < -0.39 is 6.10 Å². The number of aromatic nitrogens is 1. The number of nitrogens with one attached hydrogen (secondary N) is 1. The topological polar surface area (TPSA) is 84.6 Å². The number of aryl methyl sites for hydroxylation is 1. The van der Waals surface area contributed by atoms with Crippen LogP contribution in [0.25, 0.3) is 10.2 Å². The summed E-state index contributed by atoms with van der Waals surface area (Å²) in [5.74, 6) is -0.196. The fraction of sp³-hybridized carbons (Fsp3) is 0.182. The highest BCUT2D eigenvalue weighted by Crippen LogP contribution is 2.43. The molecule has 1 unspecified atom stereocenters. The van der Waals surface area contributed by atoms with E-state index in [4.69, 9.17) is 9.15 Å². The molecule has 2 N–H and O–H groups in total. The normalized spacial score (nSPS) is 12.2. The van der Waals surface area contributed by atoms with Gasteiger partial charge in [-0.25, -0.2) is 4.98 Å². The molecule has 148 valence electrons. The number of rotatable bonds is 6. The van der Waals surface area contributed by atoms with Crippen LogP contribution in [0, 0.1) is 6.92 Å². The molecule has 0 aliphatic carbocycles. The van der Waals surface area contributed by atoms with Crippen molar-refractivity contribution < 1.29 is 19.1 Å². The van der Waals surface area contributed by atoms with Gasteiger partial charge in [-0.05, 0) is 36.2 Å². The Bertz CT molecular complexity index is 1140. The highest BCUT2D eigenvalue weighted by Gasteiger charge is 2.25. The monoisotopic (exact) mass is 408 g/mol. The number of hydrogen-bond acceptors (Lipinski definition) is 6. The van der Waals surface area contributed by atoms with Crippen LogP contribution in [-0.4, -0.2) is 23.1 Å². The van der Waals surface area contributed by atoms with Crippen LogP contribution in [0.2, 0.25) is 0 Å². The molecule has 1 atom stereocenters. The summed E-state index contributed by atoms with van der Waals surface area (Å²) in [5.41, 5.74) is 3.00. The van der Waals surface area contributed by atoms with Crippen molar-refractivity contribution in [3.05, 3.63) is 82.3 Å². The van der Waals surface area contributed by atoms with Crippen LogP contribution in [0.4, 0.5) is 5.69 Å². The molecule has 0 saturated carbocycles. The van der Waals surface area contributed by atoms with E-state index in [-0.39, 0.29) is 11.7 Å². The number of hydrogen-bond donors (Lipinski definition) is 2. The third-order valence-corrected chi connectivity index (χ3v) is 5.68. The van der Waals surface area contributed by atoms with Gasteiger partial charge in [-0.1, -0.05) is 30.3 Å². The number of amides is 1. The molecule has 1 aromatic carbocycles. The Balaban J connectivity index is 1.89. The second kappa shape index (κ2) is 8.16. The number of benzene rings is 1. The van der Waals surface area contributed by atoms with E-state index >= 15 is 0 Å². The molecule has 0 fully saturated rings. The number of fused-ring (bicyclic) bond motifs is 1. The first-order valence-corrected chi connectivity index (χ1v) is 9.90. The van der Waals surface area contributed by atoms with Crippen molar-refractivity contribution >= 4 is 33.1 Å². The number of carbonyl (C=O) groups excluding carboxylic acids is 1. The number of pyridine rings is 1. The van der Waals surface area contributed by atoms with Gasteiger partial charge in [0.1, 0.15) is 10.9 Å². The quantitative estimate of drug-likeness (QED) is 0.484. The molecular formula is C22H20N2O4S. The lowest BCUT2D eigenvalue weighted by molar-refractivity contribution is 0.0996. The molecule has 1 amide bonds. The zero-order chi connectivity index (χ0) is 20.4. The average Bonchev–Trinajstić information content (AvgIpc) is 3.37. The zero-order valence-electron chi connectivity index (χ0n) is 16.0. The standard InChI is InChI=1S/C22H20N2O4S/c1-13-11-15(12-27-2)17-18(24-21(26)16-9-6-10-28-16)20(29-22(17)23-13)19(25)14-7-4-3-5-8-14/h3-11,19,25H,12H2,1-2H3,(H,24,26). The van der Waals surface area contributed by atoms with Crippen molar-refractivity contribution in [2.45, 2.75) is 19.6 Å². The first kappa shape index (κ1) is 19.3. The molecular weight excluding hydrogens is 388 g/mol. The lowest BCUT2D eigenvalue weighted by atomic mass is 10.0. The average molecular weight is 408 g/mol. The molecule has 29 heavy (non-hydrogen) atoms. The van der Waals surface area contributed by atoms with Gasteiger partial charge >= 0.3 is 0 Å². The van der Waals surface area contributed by atoms with E-state index in [1.807, 2.05) is 43.3 Å². The lowest BCUT2D eigenvalue weighted by Gasteiger charge is -2.13. The fourth-order valence-electron chi connectivity index (χ4n) is 3.29. The molecule has 7 heteroatoms. The Hall–Kier alpha value is -3.00. The minimum atomic E-state index is -0.905. The largest absolute Gasteiger partial charge is 0.459 e. The number of ether oxygens (including phenoxy) is 1. The minimum absolute atomic E-state index is 0.192. The van der Waals surface area contributed by atoms with Crippen molar-refractivity contribution in [2.24, 2.45) is 0 Å². The zero-order valence-corrected chi connectivity index (χ0v) is 16.8. The Kier molecular flexibility index (Phi) is 5.44. The Morgan fingerprint density at radius 2 is 2.07 bits per heavy atom. The van der Waals surface area contributed by atoms with Crippen LogP contribution in [0.1, 0.15) is 38.4 Å². The number of anilines is 1. The van der Waals surface area contributed by atoms with E-state index in [0.717, 1.165) is 27.0 Å². The van der Waals surface area contributed by atoms with Gasteiger partial charge in [0.05, 0.1) is 23.4 Å². The van der Waals surface area contributed by atoms with Crippen molar-refractivity contribution in [3.63, 3.8) is 0 Å². The van der Waals surface area contributed by atoms with Gasteiger partial charge in [0.15, 0.2) is 5.76 Å². The maximum atomic E-state index is 12.7. The van der Waals surface area contributed by atoms with E-state index in [0.29, 0.717) is 17.2 Å². The van der Waals surface area contributed by atoms with Crippen LogP contribution in [0.15, 0.2) is 59.2 Å². The summed E-state index contributed by atoms with van der Waals surface area (Å²) in [6, 6.07) is 14.5. The van der Waals surface area contributed by atoms with Crippen molar-refractivity contribution in [1.82, 2.24) is 4.98 Å². The molecule has 4 aromatic rings. The molecule has 3 aromatic heterocycles. The number of aliphatic hydroxyl groups is 1. The number of carbonyl (C=O) groups is 1. The molecule has 0 aliphatic heterocycles. The second-order valence-electron chi connectivity index (χ2n) is 6.62. The second-order valence-corrected chi connectivity index (χ2v) is 7.65. The molecule has 6 nitrogen and oxygen atoms in total. The van der Waals surface area contributed by atoms with E-state index in [1.165, 1.54) is 17.6 Å². The van der Waals surface area contributed by atoms with E-state index in [9.17, 15) is 9.90 Å². The van der Waals surface area contributed by atoms with Crippen LogP contribution < -0.4 is 5.32 Å². The van der Waals surface area contributed by atoms with Crippen LogP contribution >= 0.6 is 11.3 Å². The maximum Gasteiger partial charge on any atom is 0.291 e. The molecule has 0 spiro atoms. The van der Waals surface area contributed by atoms with Crippen LogP contribution in [0.3, 0.4) is 0 Å². The van der Waals surface area contributed by atoms with Crippen molar-refractivity contribution in [2.75, 3.05) is 12.4 Å². The van der Waals surface area contributed by atoms with Gasteiger partial charge < -0.3 is 19.6 Å². The summed E-state index contributed by atoms with van der Waals surface area (Å²) in [4.78, 5) is 18.7.